The molecule has 0 aromatic carbocycles. The summed E-state index contributed by atoms with van der Waals surface area (Å²) in [5.41, 5.74) is 0.554. The van der Waals surface area contributed by atoms with Crippen LogP contribution in [0.2, 0.25) is 5.15 Å². The van der Waals surface area contributed by atoms with E-state index >= 15 is 0 Å². The van der Waals surface area contributed by atoms with E-state index in [-0.39, 0.29) is 11.9 Å². The molecule has 4 nitrogen and oxygen atoms in total. The van der Waals surface area contributed by atoms with Gasteiger partial charge in [0.05, 0.1) is 0 Å². The van der Waals surface area contributed by atoms with Crippen LogP contribution in [-0.2, 0) is 0 Å². The van der Waals surface area contributed by atoms with Crippen molar-refractivity contribution in [2.24, 2.45) is 5.92 Å². The minimum atomic E-state index is -0.0745. The number of carbonyl (C=O) groups excluding carboxylic acids is 1. The maximum atomic E-state index is 12.1. The lowest BCUT2D eigenvalue weighted by atomic mass is 10.1. The highest BCUT2D eigenvalue weighted by Crippen LogP contribution is 2.25. The molecule has 1 fully saturated rings. The van der Waals surface area contributed by atoms with Crippen LogP contribution in [-0.4, -0.2) is 24.0 Å². The van der Waals surface area contributed by atoms with Gasteiger partial charge in [-0.3, -0.25) is 4.79 Å². The predicted octanol–water partition coefficient (Wildman–Crippen LogP) is 2.70. The summed E-state index contributed by atoms with van der Waals surface area (Å²) in [6.07, 6.45) is 3.43. The van der Waals surface area contributed by atoms with Gasteiger partial charge in [0, 0.05) is 18.7 Å². The second kappa shape index (κ2) is 5.57. The Labute approximate surface area is 112 Å². The summed E-state index contributed by atoms with van der Waals surface area (Å²) in [7, 11) is 1.75. The molecule has 2 unspecified atom stereocenters. The predicted molar refractivity (Wildman–Crippen MR) is 73.1 cm³/mol. The van der Waals surface area contributed by atoms with Gasteiger partial charge in [0.2, 0.25) is 0 Å². The summed E-state index contributed by atoms with van der Waals surface area (Å²) in [6, 6.07) is 3.58. The zero-order valence-corrected chi connectivity index (χ0v) is 11.4. The largest absolute Gasteiger partial charge is 0.373 e. The molecule has 1 amide bonds. The molecule has 1 aromatic rings. The molecule has 1 aliphatic rings. The lowest BCUT2D eigenvalue weighted by Gasteiger charge is -2.17. The van der Waals surface area contributed by atoms with Gasteiger partial charge in [-0.25, -0.2) is 4.98 Å². The Morgan fingerprint density at radius 3 is 2.83 bits per heavy atom. The number of hydrogen-bond donors (Lipinski definition) is 2. The summed E-state index contributed by atoms with van der Waals surface area (Å²) < 4.78 is 0. The standard InChI is InChI=1S/C13H18ClN3O/c1-8-4-3-5-10(8)16-13(18)9-6-11(14)17-12(7-9)15-2/h6-8,10H,3-5H2,1-2H3,(H,15,17)(H,16,18). The average Bonchev–Trinajstić information content (AvgIpc) is 2.74. The first-order valence-electron chi connectivity index (χ1n) is 6.26. The smallest absolute Gasteiger partial charge is 0.251 e. The van der Waals surface area contributed by atoms with Crippen LogP contribution < -0.4 is 10.6 Å². The van der Waals surface area contributed by atoms with Crippen molar-refractivity contribution >= 4 is 23.3 Å². The second-order valence-electron chi connectivity index (χ2n) is 4.80. The van der Waals surface area contributed by atoms with E-state index in [9.17, 15) is 4.79 Å². The summed E-state index contributed by atoms with van der Waals surface area (Å²) in [5, 5.41) is 6.29. The van der Waals surface area contributed by atoms with E-state index in [0.29, 0.717) is 22.5 Å². The number of anilines is 1. The van der Waals surface area contributed by atoms with Crippen LogP contribution in [0.5, 0.6) is 0 Å². The molecule has 98 valence electrons. The fraction of sp³-hybridized carbons (Fsp3) is 0.538. The molecular formula is C13H18ClN3O. The molecule has 1 heterocycles. The highest BCUT2D eigenvalue weighted by Gasteiger charge is 2.25. The topological polar surface area (TPSA) is 54.0 Å². The van der Waals surface area contributed by atoms with E-state index in [4.69, 9.17) is 11.6 Å². The van der Waals surface area contributed by atoms with Gasteiger partial charge >= 0.3 is 0 Å². The maximum absolute atomic E-state index is 12.1. The first kappa shape index (κ1) is 13.1. The Bertz CT molecular complexity index is 450. The van der Waals surface area contributed by atoms with Crippen molar-refractivity contribution in [3.8, 4) is 0 Å². The van der Waals surface area contributed by atoms with Crippen LogP contribution in [0.4, 0.5) is 5.82 Å². The Morgan fingerprint density at radius 1 is 1.44 bits per heavy atom. The number of hydrogen-bond acceptors (Lipinski definition) is 3. The summed E-state index contributed by atoms with van der Waals surface area (Å²) >= 11 is 5.89. The van der Waals surface area contributed by atoms with E-state index in [1.54, 1.807) is 19.2 Å². The Morgan fingerprint density at radius 2 is 2.22 bits per heavy atom. The number of amides is 1. The van der Waals surface area contributed by atoms with Crippen LogP contribution in [0.15, 0.2) is 12.1 Å². The first-order valence-corrected chi connectivity index (χ1v) is 6.64. The average molecular weight is 268 g/mol. The van der Waals surface area contributed by atoms with Crippen molar-refractivity contribution in [1.82, 2.24) is 10.3 Å². The first-order chi connectivity index (χ1) is 8.60. The second-order valence-corrected chi connectivity index (χ2v) is 5.19. The van der Waals surface area contributed by atoms with Crippen molar-refractivity contribution in [2.45, 2.75) is 32.2 Å². The van der Waals surface area contributed by atoms with Crippen LogP contribution in [0.3, 0.4) is 0 Å². The number of pyridine rings is 1. The fourth-order valence-corrected chi connectivity index (χ4v) is 2.58. The van der Waals surface area contributed by atoms with Gasteiger partial charge in [0.25, 0.3) is 5.91 Å². The van der Waals surface area contributed by atoms with Gasteiger partial charge in [0.15, 0.2) is 0 Å². The molecule has 0 aliphatic heterocycles. The zero-order valence-electron chi connectivity index (χ0n) is 10.7. The van der Waals surface area contributed by atoms with Crippen LogP contribution in [0.25, 0.3) is 0 Å². The SMILES string of the molecule is CNc1cc(C(=O)NC2CCCC2C)cc(Cl)n1. The summed E-state index contributed by atoms with van der Waals surface area (Å²) in [6.45, 7) is 2.18. The van der Waals surface area contributed by atoms with E-state index in [2.05, 4.69) is 22.5 Å². The molecule has 0 radical (unpaired) electrons. The fourth-order valence-electron chi connectivity index (χ4n) is 2.37. The van der Waals surface area contributed by atoms with Crippen molar-refractivity contribution in [3.05, 3.63) is 22.8 Å². The Hall–Kier alpha value is -1.29. The molecular weight excluding hydrogens is 250 g/mol. The van der Waals surface area contributed by atoms with Gasteiger partial charge in [-0.2, -0.15) is 0 Å². The van der Waals surface area contributed by atoms with Crippen LogP contribution in [0, 0.1) is 5.92 Å². The lowest BCUT2D eigenvalue weighted by Crippen LogP contribution is -2.36. The highest BCUT2D eigenvalue weighted by atomic mass is 35.5. The Kier molecular flexibility index (Phi) is 4.07. The number of carbonyl (C=O) groups is 1. The molecule has 0 spiro atoms. The van der Waals surface area contributed by atoms with Crippen molar-refractivity contribution in [2.75, 3.05) is 12.4 Å². The number of halogens is 1. The van der Waals surface area contributed by atoms with Gasteiger partial charge in [-0.1, -0.05) is 24.9 Å². The molecule has 1 aliphatic carbocycles. The Balaban J connectivity index is 2.10. The third-order valence-electron chi connectivity index (χ3n) is 3.49. The molecule has 0 saturated heterocycles. The summed E-state index contributed by atoms with van der Waals surface area (Å²) in [4.78, 5) is 16.2. The minimum Gasteiger partial charge on any atom is -0.373 e. The number of nitrogens with zero attached hydrogens (tertiary/aromatic N) is 1. The molecule has 2 atom stereocenters. The third-order valence-corrected chi connectivity index (χ3v) is 3.68. The van der Waals surface area contributed by atoms with E-state index < -0.39 is 0 Å². The van der Waals surface area contributed by atoms with Gasteiger partial charge < -0.3 is 10.6 Å². The maximum Gasteiger partial charge on any atom is 0.251 e. The van der Waals surface area contributed by atoms with Crippen LogP contribution >= 0.6 is 11.6 Å². The zero-order chi connectivity index (χ0) is 13.1. The number of rotatable bonds is 3. The molecule has 2 rings (SSSR count). The minimum absolute atomic E-state index is 0.0745. The van der Waals surface area contributed by atoms with Gasteiger partial charge in [0.1, 0.15) is 11.0 Å². The third kappa shape index (κ3) is 2.93. The van der Waals surface area contributed by atoms with Gasteiger partial charge in [-0.05, 0) is 30.9 Å². The molecule has 0 bridgehead atoms. The van der Waals surface area contributed by atoms with E-state index in [0.717, 1.165) is 6.42 Å². The molecule has 5 heteroatoms. The number of aromatic nitrogens is 1. The van der Waals surface area contributed by atoms with E-state index in [1.807, 2.05) is 0 Å². The van der Waals surface area contributed by atoms with Crippen molar-refractivity contribution in [3.63, 3.8) is 0 Å². The van der Waals surface area contributed by atoms with Crippen molar-refractivity contribution in [1.29, 1.82) is 0 Å². The van der Waals surface area contributed by atoms with Gasteiger partial charge in [-0.15, -0.1) is 0 Å². The van der Waals surface area contributed by atoms with Crippen molar-refractivity contribution < 1.29 is 4.79 Å². The monoisotopic (exact) mass is 267 g/mol. The van der Waals surface area contributed by atoms with E-state index in [1.165, 1.54) is 12.8 Å². The molecule has 18 heavy (non-hydrogen) atoms. The quantitative estimate of drug-likeness (QED) is 0.828. The molecule has 2 N–H and O–H groups in total. The number of nitrogens with one attached hydrogen (secondary N) is 2. The van der Waals surface area contributed by atoms with Crippen LogP contribution in [0.1, 0.15) is 36.5 Å². The lowest BCUT2D eigenvalue weighted by molar-refractivity contribution is 0.0929. The molecule has 1 aromatic heterocycles. The molecule has 1 saturated carbocycles. The normalized spacial score (nSPS) is 22.8. The summed E-state index contributed by atoms with van der Waals surface area (Å²) in [5.74, 6) is 1.08. The highest BCUT2D eigenvalue weighted by molar-refractivity contribution is 6.29.